The average molecular weight is 391 g/mol. The van der Waals surface area contributed by atoms with Gasteiger partial charge in [0.15, 0.2) is 0 Å². The van der Waals surface area contributed by atoms with E-state index in [9.17, 15) is 0 Å². The summed E-state index contributed by atoms with van der Waals surface area (Å²) in [4.78, 5) is 8.70. The van der Waals surface area contributed by atoms with Crippen LogP contribution in [0, 0.1) is 6.92 Å². The van der Waals surface area contributed by atoms with Crippen LogP contribution in [-0.4, -0.2) is 21.6 Å². The fraction of sp³-hybridized carbons (Fsp3) is 0.182. The maximum absolute atomic E-state index is 5.63. The van der Waals surface area contributed by atoms with Crippen molar-refractivity contribution >= 4 is 11.8 Å². The lowest BCUT2D eigenvalue weighted by molar-refractivity contribution is 0.415. The summed E-state index contributed by atoms with van der Waals surface area (Å²) in [6.07, 6.45) is 7.29. The van der Waals surface area contributed by atoms with Crippen LogP contribution in [0.2, 0.25) is 0 Å². The van der Waals surface area contributed by atoms with Crippen LogP contribution in [0.1, 0.15) is 16.8 Å². The first-order valence-corrected chi connectivity index (χ1v) is 10.1. The summed E-state index contributed by atoms with van der Waals surface area (Å²) >= 11 is 1.83. The van der Waals surface area contributed by atoms with Crippen molar-refractivity contribution in [2.75, 3.05) is 7.11 Å². The number of ether oxygens (including phenoxy) is 1. The number of aryl methyl sites for hydroxylation is 1. The molecule has 0 radical (unpaired) electrons. The van der Waals surface area contributed by atoms with E-state index in [1.807, 2.05) is 53.1 Å². The highest BCUT2D eigenvalue weighted by Gasteiger charge is 2.08. The summed E-state index contributed by atoms with van der Waals surface area (Å²) in [5.74, 6) is 3.20. The normalized spacial score (nSPS) is 10.9. The molecule has 0 atom stereocenters. The van der Waals surface area contributed by atoms with E-state index >= 15 is 0 Å². The van der Waals surface area contributed by atoms with Crippen LogP contribution in [-0.2, 0) is 11.5 Å². The molecule has 0 amide bonds. The third kappa shape index (κ3) is 4.12. The van der Waals surface area contributed by atoms with E-state index in [2.05, 4.69) is 35.1 Å². The zero-order valence-electron chi connectivity index (χ0n) is 15.8. The number of imidazole rings is 1. The zero-order chi connectivity index (χ0) is 19.3. The first-order valence-electron chi connectivity index (χ1n) is 8.97. The van der Waals surface area contributed by atoms with Gasteiger partial charge in [-0.15, -0.1) is 0 Å². The van der Waals surface area contributed by atoms with Crippen molar-refractivity contribution in [3.8, 4) is 22.9 Å². The molecule has 5 nitrogen and oxygen atoms in total. The van der Waals surface area contributed by atoms with Crippen molar-refractivity contribution in [2.45, 2.75) is 18.4 Å². The van der Waals surface area contributed by atoms with Crippen LogP contribution in [0.15, 0.2) is 71.9 Å². The number of thioether (sulfide) groups is 1. The van der Waals surface area contributed by atoms with Crippen LogP contribution in [0.5, 0.6) is 5.75 Å². The average Bonchev–Trinajstić information content (AvgIpc) is 3.42. The molecular weight excluding hydrogens is 370 g/mol. The molecule has 4 rings (SSSR count). The fourth-order valence-electron chi connectivity index (χ4n) is 2.92. The Morgan fingerprint density at radius 1 is 1.11 bits per heavy atom. The van der Waals surface area contributed by atoms with Gasteiger partial charge in [-0.1, -0.05) is 6.07 Å². The highest BCUT2D eigenvalue weighted by Crippen LogP contribution is 2.25. The van der Waals surface area contributed by atoms with Crippen LogP contribution in [0.3, 0.4) is 0 Å². The van der Waals surface area contributed by atoms with Gasteiger partial charge in [0, 0.05) is 35.2 Å². The highest BCUT2D eigenvalue weighted by atomic mass is 32.2. The molecule has 0 aliphatic rings. The molecule has 4 aromatic rings. The van der Waals surface area contributed by atoms with E-state index in [1.165, 1.54) is 11.1 Å². The number of hydrogen-bond donors (Lipinski definition) is 0. The molecule has 0 aliphatic carbocycles. The van der Waals surface area contributed by atoms with Gasteiger partial charge in [0.2, 0.25) is 5.89 Å². The standard InChI is InChI=1S/C22H21N3O2S/c1-16-11-20(25-10-9-23-15-25)6-3-18(16)13-28-14-19-12-27-22(24-19)17-4-7-21(26-2)8-5-17/h3-12,15H,13-14H2,1-2H3. The topological polar surface area (TPSA) is 53.1 Å². The predicted molar refractivity (Wildman–Crippen MR) is 112 cm³/mol. The van der Waals surface area contributed by atoms with Gasteiger partial charge in [0.1, 0.15) is 12.0 Å². The van der Waals surface area contributed by atoms with Gasteiger partial charge in [0.05, 0.1) is 19.1 Å². The number of rotatable bonds is 7. The Morgan fingerprint density at radius 3 is 2.68 bits per heavy atom. The van der Waals surface area contributed by atoms with Crippen molar-refractivity contribution < 1.29 is 9.15 Å². The fourth-order valence-corrected chi connectivity index (χ4v) is 3.91. The van der Waals surface area contributed by atoms with E-state index in [-0.39, 0.29) is 0 Å². The molecule has 0 N–H and O–H groups in total. The zero-order valence-corrected chi connectivity index (χ0v) is 16.6. The van der Waals surface area contributed by atoms with E-state index in [0.29, 0.717) is 5.89 Å². The van der Waals surface area contributed by atoms with E-state index in [0.717, 1.165) is 34.2 Å². The highest BCUT2D eigenvalue weighted by molar-refractivity contribution is 7.97. The van der Waals surface area contributed by atoms with Crippen molar-refractivity contribution in [3.05, 3.63) is 84.3 Å². The lowest BCUT2D eigenvalue weighted by Crippen LogP contribution is -1.94. The third-order valence-electron chi connectivity index (χ3n) is 4.52. The van der Waals surface area contributed by atoms with Crippen molar-refractivity contribution in [1.29, 1.82) is 0 Å². The number of benzene rings is 2. The van der Waals surface area contributed by atoms with E-state index in [4.69, 9.17) is 9.15 Å². The van der Waals surface area contributed by atoms with E-state index < -0.39 is 0 Å². The van der Waals surface area contributed by atoms with Crippen LogP contribution in [0.4, 0.5) is 0 Å². The SMILES string of the molecule is COc1ccc(-c2nc(CSCc3ccc(-n4ccnc4)cc3C)co2)cc1. The summed E-state index contributed by atoms with van der Waals surface area (Å²) in [6.45, 7) is 2.15. The molecule has 0 saturated carbocycles. The number of oxazole rings is 1. The molecule has 2 aromatic carbocycles. The summed E-state index contributed by atoms with van der Waals surface area (Å²) in [7, 11) is 1.66. The molecule has 2 aromatic heterocycles. The maximum atomic E-state index is 5.63. The number of hydrogen-bond acceptors (Lipinski definition) is 5. The Bertz CT molecular complexity index is 1040. The molecule has 0 bridgehead atoms. The molecule has 142 valence electrons. The van der Waals surface area contributed by atoms with Crippen LogP contribution < -0.4 is 4.74 Å². The molecule has 0 fully saturated rings. The Kier molecular flexibility index (Phi) is 5.48. The van der Waals surface area contributed by atoms with Gasteiger partial charge in [-0.25, -0.2) is 9.97 Å². The number of aromatic nitrogens is 3. The smallest absolute Gasteiger partial charge is 0.226 e. The molecule has 2 heterocycles. The largest absolute Gasteiger partial charge is 0.497 e. The number of nitrogens with zero attached hydrogens (tertiary/aromatic N) is 3. The van der Waals surface area contributed by atoms with Crippen LogP contribution >= 0.6 is 11.8 Å². The Hall–Kier alpha value is -2.99. The maximum Gasteiger partial charge on any atom is 0.226 e. The lowest BCUT2D eigenvalue weighted by Gasteiger charge is -2.08. The summed E-state index contributed by atoms with van der Waals surface area (Å²) in [5.41, 5.74) is 5.63. The second-order valence-electron chi connectivity index (χ2n) is 6.45. The first-order chi connectivity index (χ1) is 13.7. The lowest BCUT2D eigenvalue weighted by atomic mass is 10.1. The quantitative estimate of drug-likeness (QED) is 0.429. The van der Waals surface area contributed by atoms with Gasteiger partial charge in [-0.3, -0.25) is 0 Å². The predicted octanol–water partition coefficient (Wildman–Crippen LogP) is 5.28. The number of methoxy groups -OCH3 is 1. The summed E-state index contributed by atoms with van der Waals surface area (Å²) in [5, 5.41) is 0. The van der Waals surface area contributed by atoms with Gasteiger partial charge >= 0.3 is 0 Å². The minimum atomic E-state index is 0.638. The second kappa shape index (κ2) is 8.35. The second-order valence-corrected chi connectivity index (χ2v) is 7.43. The molecular formula is C22H21N3O2S. The summed E-state index contributed by atoms with van der Waals surface area (Å²) in [6, 6.07) is 14.2. The molecule has 6 heteroatoms. The minimum absolute atomic E-state index is 0.638. The Balaban J connectivity index is 1.36. The van der Waals surface area contributed by atoms with Gasteiger partial charge in [0.25, 0.3) is 0 Å². The van der Waals surface area contributed by atoms with Crippen LogP contribution in [0.25, 0.3) is 17.1 Å². The molecule has 0 unspecified atom stereocenters. The van der Waals surface area contributed by atoms with Crippen molar-refractivity contribution in [3.63, 3.8) is 0 Å². The van der Waals surface area contributed by atoms with Crippen molar-refractivity contribution in [2.24, 2.45) is 0 Å². The van der Waals surface area contributed by atoms with Gasteiger partial charge in [-0.05, 0) is 54.4 Å². The Labute approximate surface area is 168 Å². The third-order valence-corrected chi connectivity index (χ3v) is 5.54. The molecule has 0 aliphatic heterocycles. The van der Waals surface area contributed by atoms with Crippen molar-refractivity contribution in [1.82, 2.24) is 14.5 Å². The first kappa shape index (κ1) is 18.4. The molecule has 28 heavy (non-hydrogen) atoms. The van der Waals surface area contributed by atoms with Gasteiger partial charge in [-0.2, -0.15) is 11.8 Å². The molecule has 0 saturated heterocycles. The van der Waals surface area contributed by atoms with E-state index in [1.54, 1.807) is 19.6 Å². The summed E-state index contributed by atoms with van der Waals surface area (Å²) < 4.78 is 12.8. The Morgan fingerprint density at radius 2 is 1.96 bits per heavy atom. The molecule has 0 spiro atoms. The van der Waals surface area contributed by atoms with Gasteiger partial charge < -0.3 is 13.7 Å². The monoisotopic (exact) mass is 391 g/mol. The minimum Gasteiger partial charge on any atom is -0.497 e.